The maximum Gasteiger partial charge on any atom is 0.242 e. The molecule has 0 aromatic carbocycles. The number of hydrogen-bond donors (Lipinski definition) is 1. The molecule has 0 aromatic heterocycles. The molecule has 0 aliphatic carbocycles. The molecule has 9 nitrogen and oxygen atoms in total. The van der Waals surface area contributed by atoms with Crippen LogP contribution in [-0.2, 0) is 23.9 Å². The Kier molecular flexibility index (Phi) is 4.39. The standard InChI is InChI=1S/C19H26N4O5/c24-14-8-20-5-7-22(14)11-2-1-6-21(9-11)15(25)10-23-18(26)16-12-3-4-13(28-12)17(16)19(23)27/h11-13,16-17,20H,1-10H2. The summed E-state index contributed by atoms with van der Waals surface area (Å²) in [7, 11) is 0. The normalized spacial score (nSPS) is 37.8. The SMILES string of the molecule is O=C(CN1C(=O)C2C3CCC(O3)C2C1=O)N1CCCC(N2CCNCC2=O)C1. The van der Waals surface area contributed by atoms with Gasteiger partial charge in [-0.25, -0.2) is 0 Å². The van der Waals surface area contributed by atoms with Crippen molar-refractivity contribution in [3.05, 3.63) is 0 Å². The Labute approximate surface area is 163 Å². The number of carbonyl (C=O) groups excluding carboxylic acids is 4. The Morgan fingerprint density at radius 2 is 1.75 bits per heavy atom. The van der Waals surface area contributed by atoms with Crippen molar-refractivity contribution in [3.8, 4) is 0 Å². The predicted octanol–water partition coefficient (Wildman–Crippen LogP) is -1.43. The minimum atomic E-state index is -0.397. The lowest BCUT2D eigenvalue weighted by Gasteiger charge is -2.41. The van der Waals surface area contributed by atoms with Gasteiger partial charge in [0.25, 0.3) is 0 Å². The van der Waals surface area contributed by atoms with Gasteiger partial charge in [-0.05, 0) is 25.7 Å². The number of amides is 4. The molecule has 5 saturated heterocycles. The second-order valence-corrected chi connectivity index (χ2v) is 8.50. The summed E-state index contributed by atoms with van der Waals surface area (Å²) in [6.45, 7) is 2.65. The van der Waals surface area contributed by atoms with Gasteiger partial charge in [-0.3, -0.25) is 24.1 Å². The molecule has 152 valence electrons. The van der Waals surface area contributed by atoms with E-state index in [1.807, 2.05) is 4.90 Å². The highest BCUT2D eigenvalue weighted by molar-refractivity contribution is 6.08. The van der Waals surface area contributed by atoms with Crippen molar-refractivity contribution in [2.75, 3.05) is 39.3 Å². The van der Waals surface area contributed by atoms with Gasteiger partial charge in [0.15, 0.2) is 0 Å². The maximum atomic E-state index is 12.9. The van der Waals surface area contributed by atoms with Crippen LogP contribution < -0.4 is 5.32 Å². The summed E-state index contributed by atoms with van der Waals surface area (Å²) in [6, 6.07) is 0.0147. The highest BCUT2D eigenvalue weighted by Crippen LogP contribution is 2.48. The number of imide groups is 1. The summed E-state index contributed by atoms with van der Waals surface area (Å²) in [6.07, 6.45) is 3.01. The molecule has 5 rings (SSSR count). The first-order chi connectivity index (χ1) is 13.5. The molecule has 5 aliphatic rings. The van der Waals surface area contributed by atoms with E-state index in [0.717, 1.165) is 37.1 Å². The molecule has 0 saturated carbocycles. The zero-order valence-electron chi connectivity index (χ0n) is 15.8. The van der Waals surface area contributed by atoms with Crippen LogP contribution in [0.25, 0.3) is 0 Å². The Bertz CT molecular complexity index is 699. The summed E-state index contributed by atoms with van der Waals surface area (Å²) in [4.78, 5) is 55.3. The predicted molar refractivity (Wildman–Crippen MR) is 95.8 cm³/mol. The molecule has 0 aromatic rings. The Hall–Kier alpha value is -2.00. The summed E-state index contributed by atoms with van der Waals surface area (Å²) < 4.78 is 5.73. The fourth-order valence-corrected chi connectivity index (χ4v) is 5.61. The minimum absolute atomic E-state index is 0.0147. The number of hydrogen-bond acceptors (Lipinski definition) is 6. The van der Waals surface area contributed by atoms with Crippen molar-refractivity contribution in [2.45, 2.75) is 43.9 Å². The van der Waals surface area contributed by atoms with Crippen LogP contribution in [0.4, 0.5) is 0 Å². The molecule has 0 radical (unpaired) electrons. The number of piperidine rings is 1. The van der Waals surface area contributed by atoms with E-state index >= 15 is 0 Å². The third-order valence-corrected chi connectivity index (χ3v) is 6.99. The van der Waals surface area contributed by atoms with E-state index in [0.29, 0.717) is 26.2 Å². The van der Waals surface area contributed by atoms with Gasteiger partial charge in [0, 0.05) is 32.2 Å². The first-order valence-electron chi connectivity index (χ1n) is 10.3. The molecule has 4 amide bonds. The third kappa shape index (κ3) is 2.75. The van der Waals surface area contributed by atoms with E-state index in [-0.39, 0.29) is 48.4 Å². The van der Waals surface area contributed by atoms with Gasteiger partial charge >= 0.3 is 0 Å². The molecule has 28 heavy (non-hydrogen) atoms. The number of carbonyl (C=O) groups is 4. The second-order valence-electron chi connectivity index (χ2n) is 8.50. The van der Waals surface area contributed by atoms with Gasteiger partial charge in [0.2, 0.25) is 23.6 Å². The largest absolute Gasteiger partial charge is 0.373 e. The summed E-state index contributed by atoms with van der Waals surface area (Å²) in [5.74, 6) is -1.43. The van der Waals surface area contributed by atoms with Crippen LogP contribution in [0.15, 0.2) is 0 Å². The van der Waals surface area contributed by atoms with Crippen LogP contribution in [-0.4, -0.2) is 95.8 Å². The summed E-state index contributed by atoms with van der Waals surface area (Å²) in [5, 5.41) is 3.06. The van der Waals surface area contributed by atoms with Crippen molar-refractivity contribution < 1.29 is 23.9 Å². The molecule has 1 N–H and O–H groups in total. The molecule has 0 spiro atoms. The third-order valence-electron chi connectivity index (χ3n) is 6.99. The van der Waals surface area contributed by atoms with Crippen LogP contribution >= 0.6 is 0 Å². The molecule has 5 fully saturated rings. The number of nitrogens with zero attached hydrogens (tertiary/aromatic N) is 3. The van der Waals surface area contributed by atoms with E-state index < -0.39 is 11.8 Å². The van der Waals surface area contributed by atoms with E-state index in [4.69, 9.17) is 4.74 Å². The van der Waals surface area contributed by atoms with Gasteiger partial charge < -0.3 is 19.9 Å². The zero-order chi connectivity index (χ0) is 19.4. The fraction of sp³-hybridized carbons (Fsp3) is 0.789. The Morgan fingerprint density at radius 1 is 1.04 bits per heavy atom. The van der Waals surface area contributed by atoms with E-state index in [1.165, 1.54) is 0 Å². The molecule has 9 heteroatoms. The highest BCUT2D eigenvalue weighted by atomic mass is 16.5. The van der Waals surface area contributed by atoms with Gasteiger partial charge in [-0.15, -0.1) is 0 Å². The average Bonchev–Trinajstić information content (AvgIpc) is 3.38. The smallest absolute Gasteiger partial charge is 0.242 e. The van der Waals surface area contributed by atoms with Crippen molar-refractivity contribution in [3.63, 3.8) is 0 Å². The molecule has 5 heterocycles. The highest BCUT2D eigenvalue weighted by Gasteiger charge is 2.62. The number of nitrogens with one attached hydrogen (secondary N) is 1. The molecule has 5 atom stereocenters. The van der Waals surface area contributed by atoms with Crippen LogP contribution in [0.1, 0.15) is 25.7 Å². The van der Waals surface area contributed by atoms with Crippen LogP contribution in [0.2, 0.25) is 0 Å². The first kappa shape index (κ1) is 18.1. The Morgan fingerprint density at radius 3 is 2.43 bits per heavy atom. The average molecular weight is 390 g/mol. The van der Waals surface area contributed by atoms with Gasteiger partial charge in [-0.2, -0.15) is 0 Å². The first-order valence-corrected chi connectivity index (χ1v) is 10.3. The van der Waals surface area contributed by atoms with Gasteiger partial charge in [0.1, 0.15) is 6.54 Å². The van der Waals surface area contributed by atoms with E-state index in [2.05, 4.69) is 5.32 Å². The molecular weight excluding hydrogens is 364 g/mol. The summed E-state index contributed by atoms with van der Waals surface area (Å²) >= 11 is 0. The lowest BCUT2D eigenvalue weighted by Crippen LogP contribution is -2.58. The Balaban J connectivity index is 1.24. The van der Waals surface area contributed by atoms with Gasteiger partial charge in [0.05, 0.1) is 30.6 Å². The second kappa shape index (κ2) is 6.81. The summed E-state index contributed by atoms with van der Waals surface area (Å²) in [5.41, 5.74) is 0. The zero-order valence-corrected chi connectivity index (χ0v) is 15.8. The lowest BCUT2D eigenvalue weighted by molar-refractivity contribution is -0.149. The van der Waals surface area contributed by atoms with E-state index in [9.17, 15) is 19.2 Å². The number of rotatable bonds is 3. The van der Waals surface area contributed by atoms with Gasteiger partial charge in [-0.1, -0.05) is 0 Å². The number of ether oxygens (including phenoxy) is 1. The molecule has 5 unspecified atom stereocenters. The van der Waals surface area contributed by atoms with Crippen molar-refractivity contribution in [2.24, 2.45) is 11.8 Å². The van der Waals surface area contributed by atoms with Crippen LogP contribution in [0.5, 0.6) is 0 Å². The van der Waals surface area contributed by atoms with Crippen LogP contribution in [0, 0.1) is 11.8 Å². The fourth-order valence-electron chi connectivity index (χ4n) is 5.61. The number of fused-ring (bicyclic) bond motifs is 5. The van der Waals surface area contributed by atoms with Crippen molar-refractivity contribution >= 4 is 23.6 Å². The maximum absolute atomic E-state index is 12.9. The van der Waals surface area contributed by atoms with Crippen molar-refractivity contribution in [1.29, 1.82) is 0 Å². The molecular formula is C19H26N4O5. The van der Waals surface area contributed by atoms with Crippen LogP contribution in [0.3, 0.4) is 0 Å². The quantitative estimate of drug-likeness (QED) is 0.594. The van der Waals surface area contributed by atoms with Crippen molar-refractivity contribution in [1.82, 2.24) is 20.0 Å². The monoisotopic (exact) mass is 390 g/mol. The number of piperazine rings is 1. The number of likely N-dealkylation sites (tertiary alicyclic amines) is 2. The minimum Gasteiger partial charge on any atom is -0.373 e. The topological polar surface area (TPSA) is 99.3 Å². The molecule has 5 aliphatic heterocycles. The molecule has 2 bridgehead atoms. The lowest BCUT2D eigenvalue weighted by atomic mass is 9.81. The van der Waals surface area contributed by atoms with E-state index in [1.54, 1.807) is 4.90 Å².